The molecule has 0 aliphatic carbocycles. The van der Waals surface area contributed by atoms with E-state index in [1.807, 2.05) is 16.8 Å². The minimum absolute atomic E-state index is 0.0595. The summed E-state index contributed by atoms with van der Waals surface area (Å²) in [6, 6.07) is 9.04. The maximum atomic E-state index is 12.9. The van der Waals surface area contributed by atoms with Crippen molar-refractivity contribution < 1.29 is 0 Å². The van der Waals surface area contributed by atoms with E-state index < -0.39 is 0 Å². The van der Waals surface area contributed by atoms with E-state index in [0.29, 0.717) is 6.04 Å². The molecule has 182 valence electrons. The number of pyridine rings is 2. The molecule has 0 bridgehead atoms. The fourth-order valence-electron chi connectivity index (χ4n) is 5.44. The molecular weight excluding hydrogens is 440 g/mol. The molecular formula is C26H32N8O. The molecule has 1 aliphatic heterocycles. The number of fused-ring (bicyclic) bond motifs is 2. The first-order chi connectivity index (χ1) is 16.9. The zero-order valence-corrected chi connectivity index (χ0v) is 20.8. The van der Waals surface area contributed by atoms with Crippen LogP contribution in [0.4, 0.5) is 5.69 Å². The van der Waals surface area contributed by atoms with Crippen LogP contribution in [0.3, 0.4) is 0 Å². The zero-order chi connectivity index (χ0) is 24.7. The third-order valence-electron chi connectivity index (χ3n) is 7.56. The topological polar surface area (TPSA) is 87.4 Å². The number of rotatable bonds is 6. The van der Waals surface area contributed by atoms with Crippen molar-refractivity contribution >= 4 is 22.4 Å². The molecule has 3 atom stereocenters. The van der Waals surface area contributed by atoms with Crippen LogP contribution in [0.2, 0.25) is 0 Å². The second-order valence-electron chi connectivity index (χ2n) is 9.45. The zero-order valence-electron chi connectivity index (χ0n) is 20.8. The molecule has 0 N–H and O–H groups in total. The highest BCUT2D eigenvalue weighted by molar-refractivity contribution is 5.88. The van der Waals surface area contributed by atoms with Gasteiger partial charge in [0, 0.05) is 62.9 Å². The minimum Gasteiger partial charge on any atom is -0.364 e. The van der Waals surface area contributed by atoms with E-state index in [2.05, 4.69) is 60.0 Å². The van der Waals surface area contributed by atoms with Crippen LogP contribution in [0.15, 0.2) is 47.8 Å². The summed E-state index contributed by atoms with van der Waals surface area (Å²) >= 11 is 0. The molecule has 1 aliphatic rings. The van der Waals surface area contributed by atoms with E-state index in [1.165, 1.54) is 5.56 Å². The van der Waals surface area contributed by atoms with E-state index in [0.717, 1.165) is 48.3 Å². The van der Waals surface area contributed by atoms with Gasteiger partial charge in [-0.1, -0.05) is 13.8 Å². The van der Waals surface area contributed by atoms with Crippen LogP contribution in [0, 0.1) is 11.3 Å². The van der Waals surface area contributed by atoms with Crippen molar-refractivity contribution in [2.45, 2.75) is 58.3 Å². The van der Waals surface area contributed by atoms with Crippen LogP contribution in [0.1, 0.15) is 45.2 Å². The second kappa shape index (κ2) is 9.19. The van der Waals surface area contributed by atoms with Crippen LogP contribution in [0.5, 0.6) is 0 Å². The fourth-order valence-corrected chi connectivity index (χ4v) is 5.44. The van der Waals surface area contributed by atoms with Crippen molar-refractivity contribution in [1.82, 2.24) is 28.6 Å². The Labute approximate surface area is 204 Å². The molecule has 0 saturated carbocycles. The Kier molecular flexibility index (Phi) is 6.07. The molecule has 0 amide bonds. The lowest BCUT2D eigenvalue weighted by molar-refractivity contribution is 0.101. The summed E-state index contributed by atoms with van der Waals surface area (Å²) in [6.45, 7) is 8.58. The number of anilines is 1. The highest BCUT2D eigenvalue weighted by atomic mass is 16.1. The van der Waals surface area contributed by atoms with Gasteiger partial charge in [-0.25, -0.2) is 4.98 Å². The first-order valence-electron chi connectivity index (χ1n) is 12.3. The van der Waals surface area contributed by atoms with Gasteiger partial charge >= 0.3 is 0 Å². The Hall–Kier alpha value is -3.64. The predicted molar refractivity (Wildman–Crippen MR) is 136 cm³/mol. The molecule has 4 aromatic rings. The number of aromatic nitrogens is 5. The van der Waals surface area contributed by atoms with Gasteiger partial charge in [0.05, 0.1) is 23.5 Å². The number of piperazine rings is 1. The lowest BCUT2D eigenvalue weighted by atomic mass is 9.97. The van der Waals surface area contributed by atoms with Gasteiger partial charge in [0.15, 0.2) is 0 Å². The maximum absolute atomic E-state index is 12.9. The summed E-state index contributed by atoms with van der Waals surface area (Å²) in [6.07, 6.45) is 9.62. The largest absolute Gasteiger partial charge is 0.364 e. The highest BCUT2D eigenvalue weighted by Gasteiger charge is 2.36. The standard InChI is InChI=1S/C26H32N8O/c1-5-20-16-34(22-14-25(35)30(4)23-17-32(11-8-27)29-26(22)23)21(6-2)15-33(20)18(3)19-7-10-31-12-9-28-24(31)13-19/h7,9-10,12-14,17-18,20-21H,5-6,11,15-16H2,1-4H3/t18-,20-,21+/m1/s1. The second-order valence-corrected chi connectivity index (χ2v) is 9.45. The quantitative estimate of drug-likeness (QED) is 0.428. The van der Waals surface area contributed by atoms with E-state index in [4.69, 9.17) is 10.4 Å². The van der Waals surface area contributed by atoms with Gasteiger partial charge in [0.25, 0.3) is 5.56 Å². The maximum Gasteiger partial charge on any atom is 0.252 e. The van der Waals surface area contributed by atoms with Crippen LogP contribution in [0.25, 0.3) is 16.7 Å². The molecule has 4 aromatic heterocycles. The average molecular weight is 473 g/mol. The predicted octanol–water partition coefficient (Wildman–Crippen LogP) is 3.35. The molecule has 5 rings (SSSR count). The molecule has 1 saturated heterocycles. The number of imidazole rings is 1. The molecule has 0 spiro atoms. The first-order valence-corrected chi connectivity index (χ1v) is 12.3. The summed E-state index contributed by atoms with van der Waals surface area (Å²) < 4.78 is 5.27. The van der Waals surface area contributed by atoms with Gasteiger partial charge in [-0.2, -0.15) is 10.4 Å². The molecule has 1 fully saturated rings. The van der Waals surface area contributed by atoms with E-state index in [-0.39, 0.29) is 24.2 Å². The van der Waals surface area contributed by atoms with Gasteiger partial charge in [0.2, 0.25) is 0 Å². The smallest absolute Gasteiger partial charge is 0.252 e. The highest BCUT2D eigenvalue weighted by Crippen LogP contribution is 2.34. The van der Waals surface area contributed by atoms with Crippen molar-refractivity contribution in [2.75, 3.05) is 18.0 Å². The van der Waals surface area contributed by atoms with Crippen molar-refractivity contribution in [1.29, 1.82) is 5.26 Å². The number of nitriles is 1. The van der Waals surface area contributed by atoms with Crippen LogP contribution in [-0.4, -0.2) is 53.8 Å². The van der Waals surface area contributed by atoms with Gasteiger partial charge in [-0.3, -0.25) is 14.4 Å². The fraction of sp³-hybridized carbons (Fsp3) is 0.462. The molecule has 5 heterocycles. The van der Waals surface area contributed by atoms with Crippen LogP contribution >= 0.6 is 0 Å². The number of aryl methyl sites for hydroxylation is 1. The molecule has 0 unspecified atom stereocenters. The molecule has 0 aromatic carbocycles. The molecule has 0 radical (unpaired) electrons. The Bertz CT molecular complexity index is 1460. The van der Waals surface area contributed by atoms with Gasteiger partial charge in [-0.05, 0) is 37.5 Å². The number of hydrogen-bond donors (Lipinski definition) is 0. The van der Waals surface area contributed by atoms with Crippen molar-refractivity contribution in [2.24, 2.45) is 7.05 Å². The normalized spacial score (nSPS) is 19.9. The van der Waals surface area contributed by atoms with Crippen molar-refractivity contribution in [3.05, 3.63) is 58.9 Å². The Morgan fingerprint density at radius 2 is 1.97 bits per heavy atom. The lowest BCUT2D eigenvalue weighted by Gasteiger charge is -2.49. The van der Waals surface area contributed by atoms with Gasteiger partial charge in [0.1, 0.15) is 17.7 Å². The minimum atomic E-state index is -0.0595. The number of hydrogen-bond acceptors (Lipinski definition) is 6. The van der Waals surface area contributed by atoms with Crippen LogP contribution < -0.4 is 10.5 Å². The monoisotopic (exact) mass is 472 g/mol. The SMILES string of the molecule is CC[C@H]1CN([C@H](C)c2ccn3ccnc3c2)[C@H](CC)CN1c1cc(=O)n(C)c2cn(CC#N)nc12. The summed E-state index contributed by atoms with van der Waals surface area (Å²) in [5.41, 5.74) is 4.57. The lowest BCUT2D eigenvalue weighted by Crippen LogP contribution is -2.58. The van der Waals surface area contributed by atoms with E-state index in [1.54, 1.807) is 28.6 Å². The third kappa shape index (κ3) is 3.98. The van der Waals surface area contributed by atoms with E-state index in [9.17, 15) is 4.79 Å². The summed E-state index contributed by atoms with van der Waals surface area (Å²) in [5, 5.41) is 13.8. The summed E-state index contributed by atoms with van der Waals surface area (Å²) in [7, 11) is 1.76. The molecule has 9 nitrogen and oxygen atoms in total. The van der Waals surface area contributed by atoms with Crippen LogP contribution in [-0.2, 0) is 13.6 Å². The number of nitrogens with zero attached hydrogens (tertiary/aromatic N) is 8. The van der Waals surface area contributed by atoms with Gasteiger partial charge < -0.3 is 13.9 Å². The van der Waals surface area contributed by atoms with Crippen molar-refractivity contribution in [3.63, 3.8) is 0 Å². The first kappa shape index (κ1) is 23.1. The third-order valence-corrected chi connectivity index (χ3v) is 7.56. The van der Waals surface area contributed by atoms with Crippen molar-refractivity contribution in [3.8, 4) is 6.07 Å². The van der Waals surface area contributed by atoms with E-state index >= 15 is 0 Å². The van der Waals surface area contributed by atoms with Gasteiger partial charge in [-0.15, -0.1) is 0 Å². The molecule has 35 heavy (non-hydrogen) atoms. The summed E-state index contributed by atoms with van der Waals surface area (Å²) in [5.74, 6) is 0. The molecule has 9 heteroatoms. The Balaban J connectivity index is 1.51. The average Bonchev–Trinajstić information content (AvgIpc) is 3.52. The summed E-state index contributed by atoms with van der Waals surface area (Å²) in [4.78, 5) is 22.3. The Morgan fingerprint density at radius 1 is 1.17 bits per heavy atom. The Morgan fingerprint density at radius 3 is 2.71 bits per heavy atom.